The molecule has 1 unspecified atom stereocenters. The summed E-state index contributed by atoms with van der Waals surface area (Å²) in [6, 6.07) is 7.67. The third-order valence-corrected chi connectivity index (χ3v) is 3.39. The lowest BCUT2D eigenvalue weighted by molar-refractivity contribution is -0.147. The number of hydrogen-bond donors (Lipinski definition) is 0. The van der Waals surface area contributed by atoms with Crippen molar-refractivity contribution in [1.82, 2.24) is 4.90 Å². The van der Waals surface area contributed by atoms with Crippen LogP contribution in [0.2, 0.25) is 0 Å². The van der Waals surface area contributed by atoms with Gasteiger partial charge < -0.3 is 9.47 Å². The molecule has 0 aromatic heterocycles. The molecule has 2 rings (SSSR count). The number of esters is 1. The molecule has 0 amide bonds. The van der Waals surface area contributed by atoms with Crippen molar-refractivity contribution in [3.05, 3.63) is 29.8 Å². The Morgan fingerprint density at radius 2 is 2.00 bits per heavy atom. The van der Waals surface area contributed by atoms with Crippen molar-refractivity contribution in [3.63, 3.8) is 0 Å². The molecule has 1 fully saturated rings. The summed E-state index contributed by atoms with van der Waals surface area (Å²) in [5.74, 6) is 0.481. The second-order valence-corrected chi connectivity index (χ2v) is 4.56. The van der Waals surface area contributed by atoms with Crippen LogP contribution in [-0.4, -0.2) is 38.2 Å². The molecule has 0 saturated heterocycles. The van der Waals surface area contributed by atoms with Crippen molar-refractivity contribution in [2.45, 2.75) is 24.9 Å². The van der Waals surface area contributed by atoms with Gasteiger partial charge in [0.05, 0.1) is 14.2 Å². The summed E-state index contributed by atoms with van der Waals surface area (Å²) in [7, 11) is 5.00. The Labute approximate surface area is 107 Å². The largest absolute Gasteiger partial charge is 0.496 e. The Balaban J connectivity index is 2.35. The minimum Gasteiger partial charge on any atom is -0.496 e. The lowest BCUT2D eigenvalue weighted by Gasteiger charge is -2.27. The van der Waals surface area contributed by atoms with Crippen LogP contribution in [0, 0.1) is 0 Å². The number of nitrogens with zero attached hydrogens (tertiary/aromatic N) is 1. The lowest BCUT2D eigenvalue weighted by Crippen LogP contribution is -2.33. The number of likely N-dealkylation sites (N-methyl/N-ethyl adjacent to an activating group) is 1. The fourth-order valence-corrected chi connectivity index (χ4v) is 2.21. The molecule has 4 heteroatoms. The van der Waals surface area contributed by atoms with Crippen LogP contribution in [0.4, 0.5) is 0 Å². The number of rotatable bonds is 5. The molecule has 98 valence electrons. The van der Waals surface area contributed by atoms with Crippen LogP contribution in [0.5, 0.6) is 5.75 Å². The molecular weight excluding hydrogens is 230 g/mol. The van der Waals surface area contributed by atoms with Crippen LogP contribution in [0.1, 0.15) is 24.4 Å². The first-order chi connectivity index (χ1) is 8.69. The van der Waals surface area contributed by atoms with Gasteiger partial charge in [-0.3, -0.25) is 4.90 Å². The van der Waals surface area contributed by atoms with Crippen molar-refractivity contribution < 1.29 is 14.3 Å². The quantitative estimate of drug-likeness (QED) is 0.748. The standard InChI is InChI=1S/C14H19NO3/c1-15(10-8-9-10)13(14(16)18-3)11-6-4-5-7-12(11)17-2/h4-7,10,13H,8-9H2,1-3H3. The van der Waals surface area contributed by atoms with E-state index >= 15 is 0 Å². The van der Waals surface area contributed by atoms with Gasteiger partial charge in [0, 0.05) is 11.6 Å². The van der Waals surface area contributed by atoms with Gasteiger partial charge in [0.15, 0.2) is 0 Å². The van der Waals surface area contributed by atoms with Gasteiger partial charge in [0.25, 0.3) is 0 Å². The average Bonchev–Trinajstić information content (AvgIpc) is 3.23. The van der Waals surface area contributed by atoms with E-state index in [0.29, 0.717) is 6.04 Å². The molecular formula is C14H19NO3. The highest BCUT2D eigenvalue weighted by molar-refractivity contribution is 5.78. The van der Waals surface area contributed by atoms with Crippen LogP contribution in [0.3, 0.4) is 0 Å². The van der Waals surface area contributed by atoms with Gasteiger partial charge in [-0.05, 0) is 26.0 Å². The molecule has 1 aromatic carbocycles. The first-order valence-electron chi connectivity index (χ1n) is 6.11. The van der Waals surface area contributed by atoms with E-state index in [1.165, 1.54) is 7.11 Å². The summed E-state index contributed by atoms with van der Waals surface area (Å²) >= 11 is 0. The number of ether oxygens (including phenoxy) is 2. The number of benzene rings is 1. The second-order valence-electron chi connectivity index (χ2n) is 4.56. The van der Waals surface area contributed by atoms with Gasteiger partial charge in [-0.1, -0.05) is 18.2 Å². The van der Waals surface area contributed by atoms with Gasteiger partial charge in [-0.15, -0.1) is 0 Å². The molecule has 0 radical (unpaired) electrons. The summed E-state index contributed by atoms with van der Waals surface area (Å²) in [6.45, 7) is 0. The monoisotopic (exact) mass is 249 g/mol. The summed E-state index contributed by atoms with van der Waals surface area (Å²) in [5, 5.41) is 0. The second kappa shape index (κ2) is 5.40. The summed E-state index contributed by atoms with van der Waals surface area (Å²) < 4.78 is 10.3. The van der Waals surface area contributed by atoms with E-state index in [0.717, 1.165) is 24.2 Å². The topological polar surface area (TPSA) is 38.8 Å². The van der Waals surface area contributed by atoms with Crippen LogP contribution in [0.15, 0.2) is 24.3 Å². The van der Waals surface area contributed by atoms with E-state index in [1.807, 2.05) is 31.3 Å². The predicted octanol–water partition coefficient (Wildman–Crippen LogP) is 2.00. The smallest absolute Gasteiger partial charge is 0.327 e. The van der Waals surface area contributed by atoms with Crippen molar-refractivity contribution in [2.75, 3.05) is 21.3 Å². The van der Waals surface area contributed by atoms with Gasteiger partial charge in [-0.2, -0.15) is 0 Å². The molecule has 0 bridgehead atoms. The molecule has 0 heterocycles. The molecule has 1 atom stereocenters. The lowest BCUT2D eigenvalue weighted by atomic mass is 10.0. The molecule has 1 aliphatic carbocycles. The molecule has 1 saturated carbocycles. The summed E-state index contributed by atoms with van der Waals surface area (Å²) in [4.78, 5) is 14.1. The minimum atomic E-state index is -0.390. The Bertz CT molecular complexity index is 429. The van der Waals surface area contributed by atoms with Crippen LogP contribution in [-0.2, 0) is 9.53 Å². The zero-order valence-electron chi connectivity index (χ0n) is 11.1. The normalized spacial score (nSPS) is 16.4. The van der Waals surface area contributed by atoms with Gasteiger partial charge >= 0.3 is 5.97 Å². The number of carbonyl (C=O) groups is 1. The summed E-state index contributed by atoms with van der Waals surface area (Å²) in [6.07, 6.45) is 2.28. The average molecular weight is 249 g/mol. The third-order valence-electron chi connectivity index (χ3n) is 3.39. The SMILES string of the molecule is COC(=O)C(c1ccccc1OC)N(C)C1CC1. The Morgan fingerprint density at radius 1 is 1.33 bits per heavy atom. The van der Waals surface area contributed by atoms with Gasteiger partial charge in [0.1, 0.15) is 11.8 Å². The van der Waals surface area contributed by atoms with E-state index in [4.69, 9.17) is 9.47 Å². The maximum atomic E-state index is 12.0. The highest BCUT2D eigenvalue weighted by Gasteiger charge is 2.37. The minimum absolute atomic E-state index is 0.242. The molecule has 4 nitrogen and oxygen atoms in total. The van der Waals surface area contributed by atoms with Crippen LogP contribution in [0.25, 0.3) is 0 Å². The highest BCUT2D eigenvalue weighted by atomic mass is 16.5. The number of para-hydroxylation sites is 1. The first kappa shape index (κ1) is 12.9. The number of methoxy groups -OCH3 is 2. The maximum Gasteiger partial charge on any atom is 0.327 e. The van der Waals surface area contributed by atoms with Gasteiger partial charge in [0.2, 0.25) is 0 Å². The van der Waals surface area contributed by atoms with Gasteiger partial charge in [-0.25, -0.2) is 4.79 Å². The molecule has 0 N–H and O–H groups in total. The van der Waals surface area contributed by atoms with E-state index in [2.05, 4.69) is 4.90 Å². The Hall–Kier alpha value is -1.55. The zero-order valence-corrected chi connectivity index (χ0v) is 11.1. The van der Waals surface area contributed by atoms with Crippen molar-refractivity contribution in [2.24, 2.45) is 0 Å². The Kier molecular flexibility index (Phi) is 3.87. The summed E-state index contributed by atoms with van der Waals surface area (Å²) in [5.41, 5.74) is 0.862. The van der Waals surface area contributed by atoms with E-state index in [1.54, 1.807) is 7.11 Å². The molecule has 1 aliphatic rings. The molecule has 0 spiro atoms. The highest BCUT2D eigenvalue weighted by Crippen LogP contribution is 2.36. The fraction of sp³-hybridized carbons (Fsp3) is 0.500. The number of carbonyl (C=O) groups excluding carboxylic acids is 1. The first-order valence-corrected chi connectivity index (χ1v) is 6.11. The van der Waals surface area contributed by atoms with E-state index in [9.17, 15) is 4.79 Å². The van der Waals surface area contributed by atoms with Crippen molar-refractivity contribution >= 4 is 5.97 Å². The third kappa shape index (κ3) is 2.48. The fourth-order valence-electron chi connectivity index (χ4n) is 2.21. The maximum absolute atomic E-state index is 12.0. The zero-order chi connectivity index (χ0) is 13.1. The van der Waals surface area contributed by atoms with E-state index in [-0.39, 0.29) is 5.97 Å². The van der Waals surface area contributed by atoms with Crippen molar-refractivity contribution in [1.29, 1.82) is 0 Å². The molecule has 0 aliphatic heterocycles. The molecule has 1 aromatic rings. The Morgan fingerprint density at radius 3 is 2.56 bits per heavy atom. The van der Waals surface area contributed by atoms with Crippen LogP contribution >= 0.6 is 0 Å². The predicted molar refractivity (Wildman–Crippen MR) is 68.5 cm³/mol. The number of hydrogen-bond acceptors (Lipinski definition) is 4. The van der Waals surface area contributed by atoms with E-state index < -0.39 is 6.04 Å². The van der Waals surface area contributed by atoms with Crippen molar-refractivity contribution in [3.8, 4) is 5.75 Å². The molecule has 18 heavy (non-hydrogen) atoms. The van der Waals surface area contributed by atoms with Crippen LogP contribution < -0.4 is 4.74 Å².